The van der Waals surface area contributed by atoms with E-state index in [2.05, 4.69) is 23.2 Å². The molecule has 1 aliphatic heterocycles. The molecule has 1 saturated carbocycles. The number of fused-ring (bicyclic) bond motifs is 3. The molecule has 1 aliphatic carbocycles. The summed E-state index contributed by atoms with van der Waals surface area (Å²) in [6, 6.07) is 19.6. The lowest BCUT2D eigenvalue weighted by Crippen LogP contribution is -2.48. The highest BCUT2D eigenvalue weighted by molar-refractivity contribution is 5.57. The minimum atomic E-state index is -1.27. The number of methoxy groups -OCH3 is 1. The second-order valence-electron chi connectivity index (χ2n) is 7.60. The number of ether oxygens (including phenoxy) is 2. The molecule has 5 rings (SSSR count). The fourth-order valence-corrected chi connectivity index (χ4v) is 5.11. The van der Waals surface area contributed by atoms with Crippen LogP contribution in [0.4, 0.5) is 0 Å². The van der Waals surface area contributed by atoms with Crippen molar-refractivity contribution in [2.75, 3.05) is 7.11 Å². The summed E-state index contributed by atoms with van der Waals surface area (Å²) >= 11 is 0. The van der Waals surface area contributed by atoms with Gasteiger partial charge in [0.15, 0.2) is 5.60 Å². The van der Waals surface area contributed by atoms with Gasteiger partial charge >= 0.3 is 0 Å². The molecule has 144 valence electrons. The van der Waals surface area contributed by atoms with Crippen LogP contribution in [0.15, 0.2) is 67.0 Å². The Kier molecular flexibility index (Phi) is 3.87. The maximum atomic E-state index is 12.2. The maximum absolute atomic E-state index is 12.2. The molecular weight excluding hydrogens is 364 g/mol. The Labute approximate surface area is 169 Å². The molecular formula is C24H20N2O3. The summed E-state index contributed by atoms with van der Waals surface area (Å²) in [5.74, 6) is 0.991. The van der Waals surface area contributed by atoms with Gasteiger partial charge in [-0.2, -0.15) is 5.26 Å². The van der Waals surface area contributed by atoms with Crippen LogP contribution in [0.2, 0.25) is 0 Å². The van der Waals surface area contributed by atoms with Crippen molar-refractivity contribution in [3.05, 3.63) is 89.2 Å². The van der Waals surface area contributed by atoms with Crippen LogP contribution in [0.3, 0.4) is 0 Å². The summed E-state index contributed by atoms with van der Waals surface area (Å²) < 4.78 is 12.2. The molecule has 0 spiro atoms. The molecule has 1 aromatic heterocycles. The van der Waals surface area contributed by atoms with Gasteiger partial charge in [-0.3, -0.25) is 4.98 Å². The zero-order valence-corrected chi connectivity index (χ0v) is 16.0. The Balaban J connectivity index is 1.77. The molecule has 1 unspecified atom stereocenters. The van der Waals surface area contributed by atoms with Crippen molar-refractivity contribution in [3.63, 3.8) is 0 Å². The van der Waals surface area contributed by atoms with Crippen LogP contribution in [-0.2, 0) is 11.2 Å². The van der Waals surface area contributed by atoms with E-state index in [0.717, 1.165) is 17.5 Å². The highest BCUT2D eigenvalue weighted by Gasteiger charge is 2.69. The highest BCUT2D eigenvalue weighted by atomic mass is 16.5. The first kappa shape index (κ1) is 17.7. The summed E-state index contributed by atoms with van der Waals surface area (Å²) in [6.07, 6.45) is 4.54. The summed E-state index contributed by atoms with van der Waals surface area (Å²) in [6.45, 7) is 0. The number of hydrogen-bond donors (Lipinski definition) is 1. The van der Waals surface area contributed by atoms with Crippen molar-refractivity contribution in [1.29, 1.82) is 5.26 Å². The average Bonchev–Trinajstić information content (AvgIpc) is 3.21. The topological polar surface area (TPSA) is 75.4 Å². The van der Waals surface area contributed by atoms with Crippen LogP contribution in [0.5, 0.6) is 11.5 Å². The van der Waals surface area contributed by atoms with Gasteiger partial charge in [0, 0.05) is 5.92 Å². The van der Waals surface area contributed by atoms with Crippen molar-refractivity contribution >= 4 is 0 Å². The molecule has 0 radical (unpaired) electrons. The SMILES string of the molecule is COc1cncc2c1C1(O)CC[C@@H](c3ccccc3)[C@]1(c1ccc(C#N)cc1)O2. The third kappa shape index (κ3) is 2.27. The molecule has 3 aromatic rings. The number of nitriles is 1. The second kappa shape index (κ2) is 6.33. The Morgan fingerprint density at radius 1 is 1.14 bits per heavy atom. The van der Waals surface area contributed by atoms with Crippen LogP contribution in [0.25, 0.3) is 0 Å². The maximum Gasteiger partial charge on any atom is 0.174 e. The van der Waals surface area contributed by atoms with E-state index in [0.29, 0.717) is 29.0 Å². The zero-order valence-electron chi connectivity index (χ0n) is 16.0. The van der Waals surface area contributed by atoms with Gasteiger partial charge in [0.2, 0.25) is 0 Å². The van der Waals surface area contributed by atoms with Gasteiger partial charge in [-0.15, -0.1) is 0 Å². The fraction of sp³-hybridized carbons (Fsp3) is 0.250. The van der Waals surface area contributed by atoms with Gasteiger partial charge < -0.3 is 14.6 Å². The van der Waals surface area contributed by atoms with Crippen LogP contribution in [0, 0.1) is 11.3 Å². The first-order valence-electron chi connectivity index (χ1n) is 9.63. The summed E-state index contributed by atoms with van der Waals surface area (Å²) in [4.78, 5) is 4.23. The van der Waals surface area contributed by atoms with Crippen LogP contribution >= 0.6 is 0 Å². The molecule has 2 aliphatic rings. The molecule has 29 heavy (non-hydrogen) atoms. The van der Waals surface area contributed by atoms with Gasteiger partial charge in [0.25, 0.3) is 0 Å². The summed E-state index contributed by atoms with van der Waals surface area (Å²) in [5.41, 5.74) is 0.860. The van der Waals surface area contributed by atoms with Crippen molar-refractivity contribution in [2.45, 2.75) is 30.0 Å². The normalized spacial score (nSPS) is 26.9. The predicted molar refractivity (Wildman–Crippen MR) is 107 cm³/mol. The van der Waals surface area contributed by atoms with E-state index < -0.39 is 11.2 Å². The molecule has 1 N–H and O–H groups in total. The predicted octanol–water partition coefficient (Wildman–Crippen LogP) is 4.01. The summed E-state index contributed by atoms with van der Waals surface area (Å²) in [5, 5.41) is 21.4. The number of hydrogen-bond acceptors (Lipinski definition) is 5. The number of aromatic nitrogens is 1. The van der Waals surface area contributed by atoms with Gasteiger partial charge in [-0.1, -0.05) is 42.5 Å². The standard InChI is InChI=1S/C24H20N2O3/c1-28-20-14-26-15-21-22(20)23(27)12-11-19(17-5-3-2-4-6-17)24(23,29-21)18-9-7-16(13-25)8-10-18/h2-10,14-15,19,27H,11-12H2,1H3/t19-,23?,24-/m0/s1. The molecule has 0 bridgehead atoms. The van der Waals surface area contributed by atoms with Crippen molar-refractivity contribution in [1.82, 2.24) is 4.98 Å². The van der Waals surface area contributed by atoms with Gasteiger partial charge in [-0.05, 0) is 36.1 Å². The van der Waals surface area contributed by atoms with Crippen molar-refractivity contribution < 1.29 is 14.6 Å². The van der Waals surface area contributed by atoms with Gasteiger partial charge in [-0.25, -0.2) is 0 Å². The minimum absolute atomic E-state index is 0.0706. The Hall–Kier alpha value is -3.36. The number of nitrogens with zero attached hydrogens (tertiary/aromatic N) is 2. The fourth-order valence-electron chi connectivity index (χ4n) is 5.11. The first-order valence-corrected chi connectivity index (χ1v) is 9.63. The largest absolute Gasteiger partial charge is 0.495 e. The zero-order chi connectivity index (χ0) is 20.1. The van der Waals surface area contributed by atoms with Gasteiger partial charge in [0.1, 0.15) is 17.1 Å². The van der Waals surface area contributed by atoms with Gasteiger partial charge in [0.05, 0.1) is 36.7 Å². The smallest absolute Gasteiger partial charge is 0.174 e. The molecule has 0 amide bonds. The number of aliphatic hydroxyl groups is 1. The van der Waals surface area contributed by atoms with Crippen LogP contribution < -0.4 is 9.47 Å². The Bertz CT molecular complexity index is 1110. The lowest BCUT2D eigenvalue weighted by atomic mass is 9.71. The highest BCUT2D eigenvalue weighted by Crippen LogP contribution is 2.67. The minimum Gasteiger partial charge on any atom is -0.495 e. The van der Waals surface area contributed by atoms with E-state index in [1.165, 1.54) is 0 Å². The number of rotatable bonds is 3. The van der Waals surface area contributed by atoms with Crippen molar-refractivity contribution in [3.8, 4) is 17.6 Å². The molecule has 5 heteroatoms. The number of pyridine rings is 1. The molecule has 2 heterocycles. The van der Waals surface area contributed by atoms with E-state index in [1.54, 1.807) is 31.6 Å². The first-order chi connectivity index (χ1) is 14.1. The van der Waals surface area contributed by atoms with Crippen molar-refractivity contribution in [2.24, 2.45) is 0 Å². The lowest BCUT2D eigenvalue weighted by molar-refractivity contribution is -0.106. The van der Waals surface area contributed by atoms with E-state index in [4.69, 9.17) is 9.47 Å². The number of benzene rings is 2. The van der Waals surface area contributed by atoms with Crippen LogP contribution in [-0.4, -0.2) is 17.2 Å². The third-order valence-electron chi connectivity index (χ3n) is 6.33. The molecule has 5 nitrogen and oxygen atoms in total. The quantitative estimate of drug-likeness (QED) is 0.738. The van der Waals surface area contributed by atoms with Crippen LogP contribution in [0.1, 0.15) is 41.0 Å². The third-order valence-corrected chi connectivity index (χ3v) is 6.33. The average molecular weight is 384 g/mol. The molecule has 2 aromatic carbocycles. The molecule has 0 saturated heterocycles. The Morgan fingerprint density at radius 2 is 1.90 bits per heavy atom. The van der Waals surface area contributed by atoms with E-state index in [-0.39, 0.29) is 5.92 Å². The monoisotopic (exact) mass is 384 g/mol. The Morgan fingerprint density at radius 3 is 2.59 bits per heavy atom. The molecule has 3 atom stereocenters. The van der Waals surface area contributed by atoms with E-state index in [9.17, 15) is 10.4 Å². The molecule has 1 fully saturated rings. The van der Waals surface area contributed by atoms with E-state index in [1.807, 2.05) is 30.3 Å². The van der Waals surface area contributed by atoms with E-state index >= 15 is 0 Å². The lowest BCUT2D eigenvalue weighted by Gasteiger charge is -2.40. The summed E-state index contributed by atoms with van der Waals surface area (Å²) in [7, 11) is 1.58. The second-order valence-corrected chi connectivity index (χ2v) is 7.60.